The van der Waals surface area contributed by atoms with Crippen LogP contribution in [0, 0.1) is 13.8 Å². The van der Waals surface area contributed by atoms with Gasteiger partial charge in [0.15, 0.2) is 9.84 Å². The van der Waals surface area contributed by atoms with Crippen molar-refractivity contribution in [3.63, 3.8) is 0 Å². The summed E-state index contributed by atoms with van der Waals surface area (Å²) in [5.41, 5.74) is 1.56. The number of aryl methyl sites for hydroxylation is 2. The average molecular weight is 345 g/mol. The van der Waals surface area contributed by atoms with Crippen molar-refractivity contribution in [1.82, 2.24) is 4.31 Å². The van der Waals surface area contributed by atoms with Crippen molar-refractivity contribution in [1.29, 1.82) is 0 Å². The van der Waals surface area contributed by atoms with E-state index < -0.39 is 25.9 Å². The first-order valence-electron chi connectivity index (χ1n) is 7.47. The van der Waals surface area contributed by atoms with Crippen molar-refractivity contribution in [3.8, 4) is 0 Å². The van der Waals surface area contributed by atoms with E-state index in [0.29, 0.717) is 24.9 Å². The Morgan fingerprint density at radius 2 is 1.95 bits per heavy atom. The quantitative estimate of drug-likeness (QED) is 0.817. The highest BCUT2D eigenvalue weighted by atomic mass is 32.2. The molecular formula is C15H23NO4S2. The van der Waals surface area contributed by atoms with Crippen molar-refractivity contribution in [2.75, 3.05) is 18.1 Å². The molecular weight excluding hydrogens is 322 g/mol. The van der Waals surface area contributed by atoms with E-state index in [0.717, 1.165) is 5.56 Å². The van der Waals surface area contributed by atoms with Crippen LogP contribution >= 0.6 is 0 Å². The van der Waals surface area contributed by atoms with Gasteiger partial charge in [0.25, 0.3) is 0 Å². The highest BCUT2D eigenvalue weighted by Gasteiger charge is 2.38. The molecule has 1 fully saturated rings. The summed E-state index contributed by atoms with van der Waals surface area (Å²) < 4.78 is 50.9. The van der Waals surface area contributed by atoms with Crippen molar-refractivity contribution >= 4 is 19.9 Å². The summed E-state index contributed by atoms with van der Waals surface area (Å²) >= 11 is 0. The molecule has 0 spiro atoms. The first-order valence-corrected chi connectivity index (χ1v) is 10.7. The largest absolute Gasteiger partial charge is 0.243 e. The molecule has 0 radical (unpaired) electrons. The Bertz CT molecular complexity index is 754. The van der Waals surface area contributed by atoms with Crippen LogP contribution < -0.4 is 0 Å². The molecule has 0 N–H and O–H groups in total. The van der Waals surface area contributed by atoms with Gasteiger partial charge in [0.05, 0.1) is 16.4 Å². The normalized spacial score (nSPS) is 21.4. The highest BCUT2D eigenvalue weighted by Crippen LogP contribution is 2.27. The number of rotatable bonds is 5. The Hall–Kier alpha value is -0.920. The summed E-state index contributed by atoms with van der Waals surface area (Å²) in [6.45, 7) is 5.86. The van der Waals surface area contributed by atoms with Gasteiger partial charge in [0.1, 0.15) is 0 Å². The molecule has 1 aliphatic rings. The Kier molecular flexibility index (Phi) is 4.99. The zero-order chi connectivity index (χ0) is 16.5. The number of benzene rings is 1. The second kappa shape index (κ2) is 6.29. The molecule has 0 aromatic heterocycles. The van der Waals surface area contributed by atoms with Gasteiger partial charge in [-0.25, -0.2) is 16.8 Å². The van der Waals surface area contributed by atoms with Gasteiger partial charge in [-0.05, 0) is 43.9 Å². The van der Waals surface area contributed by atoms with Gasteiger partial charge in [-0.3, -0.25) is 0 Å². The van der Waals surface area contributed by atoms with Crippen molar-refractivity contribution < 1.29 is 16.8 Å². The molecule has 1 aliphatic heterocycles. The molecule has 1 saturated heterocycles. The number of nitrogens with zero attached hydrogens (tertiary/aromatic N) is 1. The zero-order valence-corrected chi connectivity index (χ0v) is 14.9. The predicted octanol–water partition coefficient (Wildman–Crippen LogP) is 1.89. The summed E-state index contributed by atoms with van der Waals surface area (Å²) in [5, 5.41) is 0. The van der Waals surface area contributed by atoms with E-state index in [9.17, 15) is 16.8 Å². The summed E-state index contributed by atoms with van der Waals surface area (Å²) in [6.07, 6.45) is 1.03. The van der Waals surface area contributed by atoms with E-state index in [1.807, 2.05) is 19.9 Å². The topological polar surface area (TPSA) is 71.5 Å². The van der Waals surface area contributed by atoms with Crippen LogP contribution in [-0.2, 0) is 19.9 Å². The van der Waals surface area contributed by atoms with Crippen LogP contribution in [0.5, 0.6) is 0 Å². The summed E-state index contributed by atoms with van der Waals surface area (Å²) in [7, 11) is -6.81. The Balaban J connectivity index is 2.45. The van der Waals surface area contributed by atoms with Gasteiger partial charge in [0, 0.05) is 12.6 Å². The maximum absolute atomic E-state index is 13.0. The van der Waals surface area contributed by atoms with Gasteiger partial charge in [0.2, 0.25) is 10.0 Å². The minimum atomic E-state index is -3.68. The lowest BCUT2D eigenvalue weighted by Crippen LogP contribution is -2.41. The second-order valence-electron chi connectivity index (χ2n) is 5.94. The first kappa shape index (κ1) is 17.4. The number of hydrogen-bond acceptors (Lipinski definition) is 4. The lowest BCUT2D eigenvalue weighted by Gasteiger charge is -2.27. The molecule has 1 heterocycles. The van der Waals surface area contributed by atoms with Crippen molar-refractivity contribution in [2.45, 2.75) is 44.6 Å². The number of hydrogen-bond donors (Lipinski definition) is 0. The standard InChI is InChI=1S/C15H23NO4S2/c1-4-8-16(14-7-9-21(17,18)11-14)22(19,20)15-10-12(2)5-6-13(15)3/h5-6,10,14H,4,7-9,11H2,1-3H3/t14-/m1/s1. The maximum Gasteiger partial charge on any atom is 0.243 e. The molecule has 0 bridgehead atoms. The Labute approximate surface area is 133 Å². The van der Waals surface area contributed by atoms with Gasteiger partial charge in [-0.1, -0.05) is 19.1 Å². The molecule has 7 heteroatoms. The molecule has 124 valence electrons. The van der Waals surface area contributed by atoms with Crippen LogP contribution in [0.4, 0.5) is 0 Å². The third-order valence-electron chi connectivity index (χ3n) is 3.99. The fraction of sp³-hybridized carbons (Fsp3) is 0.600. The molecule has 0 amide bonds. The maximum atomic E-state index is 13.0. The fourth-order valence-corrected chi connectivity index (χ4v) is 6.72. The van der Waals surface area contributed by atoms with Gasteiger partial charge < -0.3 is 0 Å². The summed E-state index contributed by atoms with van der Waals surface area (Å²) in [4.78, 5) is 0.283. The molecule has 0 saturated carbocycles. The summed E-state index contributed by atoms with van der Waals surface area (Å²) in [6, 6.07) is 4.88. The molecule has 22 heavy (non-hydrogen) atoms. The van der Waals surface area contributed by atoms with Crippen molar-refractivity contribution in [2.24, 2.45) is 0 Å². The molecule has 1 atom stereocenters. The van der Waals surface area contributed by atoms with Crippen LogP contribution in [0.1, 0.15) is 30.9 Å². The van der Waals surface area contributed by atoms with Gasteiger partial charge in [-0.15, -0.1) is 0 Å². The SMILES string of the molecule is CCCN([C@@H]1CCS(=O)(=O)C1)S(=O)(=O)c1cc(C)ccc1C. The molecule has 5 nitrogen and oxygen atoms in total. The van der Waals surface area contributed by atoms with Crippen LogP contribution in [-0.4, -0.2) is 45.2 Å². The molecule has 1 aromatic rings. The minimum Gasteiger partial charge on any atom is -0.229 e. The van der Waals surface area contributed by atoms with E-state index in [2.05, 4.69) is 0 Å². The predicted molar refractivity (Wildman–Crippen MR) is 87.2 cm³/mol. The molecule has 0 unspecified atom stereocenters. The minimum absolute atomic E-state index is 0.0696. The Morgan fingerprint density at radius 1 is 1.27 bits per heavy atom. The third kappa shape index (κ3) is 3.52. The zero-order valence-electron chi connectivity index (χ0n) is 13.2. The molecule has 1 aromatic carbocycles. The van der Waals surface area contributed by atoms with Crippen LogP contribution in [0.3, 0.4) is 0 Å². The average Bonchev–Trinajstić information content (AvgIpc) is 2.78. The van der Waals surface area contributed by atoms with Gasteiger partial charge >= 0.3 is 0 Å². The second-order valence-corrected chi connectivity index (χ2v) is 10.0. The van der Waals surface area contributed by atoms with E-state index in [4.69, 9.17) is 0 Å². The lowest BCUT2D eigenvalue weighted by molar-refractivity contribution is 0.340. The molecule has 0 aliphatic carbocycles. The molecule has 2 rings (SSSR count). The van der Waals surface area contributed by atoms with Crippen LogP contribution in [0.15, 0.2) is 23.1 Å². The lowest BCUT2D eigenvalue weighted by atomic mass is 10.2. The number of sulfonamides is 1. The Morgan fingerprint density at radius 3 is 2.50 bits per heavy atom. The number of sulfone groups is 1. The van der Waals surface area contributed by atoms with E-state index in [1.54, 1.807) is 19.1 Å². The smallest absolute Gasteiger partial charge is 0.229 e. The van der Waals surface area contributed by atoms with Crippen LogP contribution in [0.2, 0.25) is 0 Å². The highest BCUT2D eigenvalue weighted by molar-refractivity contribution is 7.92. The first-order chi connectivity index (χ1) is 10.2. The third-order valence-corrected chi connectivity index (χ3v) is 7.83. The van der Waals surface area contributed by atoms with E-state index >= 15 is 0 Å². The fourth-order valence-electron chi connectivity index (χ4n) is 2.83. The summed E-state index contributed by atoms with van der Waals surface area (Å²) in [5.74, 6) is -0.00268. The van der Waals surface area contributed by atoms with E-state index in [-0.39, 0.29) is 16.4 Å². The van der Waals surface area contributed by atoms with Crippen molar-refractivity contribution in [3.05, 3.63) is 29.3 Å². The van der Waals surface area contributed by atoms with Crippen LogP contribution in [0.25, 0.3) is 0 Å². The monoisotopic (exact) mass is 345 g/mol. The van der Waals surface area contributed by atoms with Gasteiger partial charge in [-0.2, -0.15) is 4.31 Å². The van der Waals surface area contributed by atoms with E-state index in [1.165, 1.54) is 4.31 Å².